The van der Waals surface area contributed by atoms with Gasteiger partial charge < -0.3 is 10.5 Å². The number of anilines is 1. The Morgan fingerprint density at radius 3 is 2.45 bits per heavy atom. The summed E-state index contributed by atoms with van der Waals surface area (Å²) >= 11 is 8.33. The molecule has 0 saturated carbocycles. The number of nitrogens with two attached hydrogens (primary N) is 1. The number of carbonyl (C=O) groups excluding carboxylic acids is 2. The number of fused-ring (bicyclic) bond motifs is 2. The first-order valence-corrected chi connectivity index (χ1v) is 7.32. The van der Waals surface area contributed by atoms with E-state index in [9.17, 15) is 9.59 Å². The predicted molar refractivity (Wildman–Crippen MR) is 80.4 cm³/mol. The van der Waals surface area contributed by atoms with E-state index in [0.29, 0.717) is 24.1 Å². The molecule has 0 spiro atoms. The molecule has 2 heterocycles. The van der Waals surface area contributed by atoms with Gasteiger partial charge in [0.15, 0.2) is 0 Å². The summed E-state index contributed by atoms with van der Waals surface area (Å²) in [5, 5.41) is 0. The molecule has 2 aliphatic heterocycles. The number of ether oxygens (including phenoxy) is 1. The third-order valence-corrected chi connectivity index (χ3v) is 4.19. The van der Waals surface area contributed by atoms with Crippen LogP contribution in [0.1, 0.15) is 18.4 Å². The zero-order chi connectivity index (χ0) is 14.4. The highest BCUT2D eigenvalue weighted by atomic mass is 79.9. The Bertz CT molecular complexity index is 612. The predicted octanol–water partition coefficient (Wildman–Crippen LogP) is 1.50. The Balaban J connectivity index is 2.10. The third-order valence-electron chi connectivity index (χ3n) is 3.48. The van der Waals surface area contributed by atoms with E-state index in [2.05, 4.69) is 15.9 Å². The monoisotopic (exact) mass is 354 g/mol. The fourth-order valence-electron chi connectivity index (χ4n) is 2.54. The second-order valence-electron chi connectivity index (χ2n) is 4.73. The molecule has 0 aliphatic carbocycles. The van der Waals surface area contributed by atoms with Crippen LogP contribution in [-0.2, 0) is 14.3 Å². The van der Waals surface area contributed by atoms with E-state index in [0.717, 1.165) is 9.37 Å². The van der Waals surface area contributed by atoms with Gasteiger partial charge >= 0.3 is 0 Å². The second-order valence-corrected chi connectivity index (χ2v) is 6.08. The average molecular weight is 355 g/mol. The lowest BCUT2D eigenvalue weighted by molar-refractivity contribution is -0.146. The maximum atomic E-state index is 12.3. The average Bonchev–Trinajstić information content (AvgIpc) is 2.85. The van der Waals surface area contributed by atoms with Crippen molar-refractivity contribution in [2.24, 2.45) is 5.73 Å². The Hall–Kier alpha value is -1.31. The maximum Gasteiger partial charge on any atom is 0.263 e. The summed E-state index contributed by atoms with van der Waals surface area (Å²) in [7, 11) is 0. The molecule has 2 bridgehead atoms. The van der Waals surface area contributed by atoms with Crippen LogP contribution in [0.4, 0.5) is 5.69 Å². The SMILES string of the molecule is NC(=S)c1cc(Br)ccc1N1C(=O)C2CCC(O2)C1=O. The number of hydrogen-bond donors (Lipinski definition) is 1. The molecule has 20 heavy (non-hydrogen) atoms. The highest BCUT2D eigenvalue weighted by molar-refractivity contribution is 9.10. The van der Waals surface area contributed by atoms with Crippen molar-refractivity contribution in [3.63, 3.8) is 0 Å². The number of benzene rings is 1. The molecule has 2 fully saturated rings. The Morgan fingerprint density at radius 1 is 1.30 bits per heavy atom. The first kappa shape index (κ1) is 13.7. The number of thiocarbonyl (C=S) groups is 1. The van der Waals surface area contributed by atoms with Crippen molar-refractivity contribution in [3.05, 3.63) is 28.2 Å². The van der Waals surface area contributed by atoms with Gasteiger partial charge in [0, 0.05) is 10.0 Å². The van der Waals surface area contributed by atoms with Crippen molar-refractivity contribution in [2.45, 2.75) is 25.0 Å². The zero-order valence-corrected chi connectivity index (χ0v) is 12.7. The summed E-state index contributed by atoms with van der Waals surface area (Å²) in [6, 6.07) is 5.11. The standard InChI is InChI=1S/C13H11BrN2O3S/c14-6-1-2-8(7(5-6)11(15)20)16-12(17)9-3-4-10(19-9)13(16)18/h1-2,5,9-10H,3-4H2,(H2,15,20). The number of nitrogens with zero attached hydrogens (tertiary/aromatic N) is 1. The molecule has 2 unspecified atom stereocenters. The maximum absolute atomic E-state index is 12.3. The number of imide groups is 1. The van der Waals surface area contributed by atoms with E-state index in [1.807, 2.05) is 0 Å². The molecule has 1 aromatic carbocycles. The van der Waals surface area contributed by atoms with Crippen molar-refractivity contribution in [1.29, 1.82) is 0 Å². The van der Waals surface area contributed by atoms with Gasteiger partial charge in [-0.1, -0.05) is 28.1 Å². The number of carbonyl (C=O) groups is 2. The van der Waals surface area contributed by atoms with Crippen LogP contribution in [0.5, 0.6) is 0 Å². The second kappa shape index (κ2) is 4.91. The molecular weight excluding hydrogens is 344 g/mol. The fraction of sp³-hybridized carbons (Fsp3) is 0.308. The van der Waals surface area contributed by atoms with Crippen molar-refractivity contribution >= 4 is 50.6 Å². The molecule has 5 nitrogen and oxygen atoms in total. The smallest absolute Gasteiger partial charge is 0.263 e. The minimum absolute atomic E-state index is 0.140. The lowest BCUT2D eigenvalue weighted by Crippen LogP contribution is -2.52. The van der Waals surface area contributed by atoms with Crippen molar-refractivity contribution in [3.8, 4) is 0 Å². The largest absolute Gasteiger partial charge is 0.389 e. The molecule has 2 atom stereocenters. The quantitative estimate of drug-likeness (QED) is 0.643. The molecule has 7 heteroatoms. The molecule has 0 radical (unpaired) electrons. The van der Waals surface area contributed by atoms with Crippen LogP contribution >= 0.6 is 28.1 Å². The van der Waals surface area contributed by atoms with E-state index in [4.69, 9.17) is 22.7 Å². The van der Waals surface area contributed by atoms with Crippen molar-refractivity contribution in [1.82, 2.24) is 0 Å². The highest BCUT2D eigenvalue weighted by Gasteiger charge is 2.47. The number of halogens is 1. The first-order valence-electron chi connectivity index (χ1n) is 6.11. The molecule has 2 saturated heterocycles. The van der Waals surface area contributed by atoms with Gasteiger partial charge in [0.05, 0.1) is 5.69 Å². The van der Waals surface area contributed by atoms with Crippen LogP contribution in [-0.4, -0.2) is 29.0 Å². The first-order chi connectivity index (χ1) is 9.49. The molecule has 2 aliphatic rings. The topological polar surface area (TPSA) is 72.6 Å². The molecule has 3 rings (SSSR count). The van der Waals surface area contributed by atoms with Gasteiger partial charge in [-0.25, -0.2) is 4.90 Å². The minimum atomic E-state index is -0.541. The van der Waals surface area contributed by atoms with E-state index in [1.165, 1.54) is 0 Å². The van der Waals surface area contributed by atoms with Crippen LogP contribution < -0.4 is 10.6 Å². The number of rotatable bonds is 2. The zero-order valence-electron chi connectivity index (χ0n) is 10.3. The summed E-state index contributed by atoms with van der Waals surface area (Å²) in [5.74, 6) is -0.688. The molecular formula is C13H11BrN2O3S. The van der Waals surface area contributed by atoms with E-state index >= 15 is 0 Å². The Kier molecular flexibility index (Phi) is 3.35. The summed E-state index contributed by atoms with van der Waals surface area (Å²) in [6.07, 6.45) is 0.0658. The molecule has 104 valence electrons. The highest BCUT2D eigenvalue weighted by Crippen LogP contribution is 2.34. The van der Waals surface area contributed by atoms with Crippen LogP contribution in [0.15, 0.2) is 22.7 Å². The Morgan fingerprint density at radius 2 is 1.90 bits per heavy atom. The van der Waals surface area contributed by atoms with Crippen LogP contribution in [0, 0.1) is 0 Å². The number of amides is 2. The molecule has 0 aromatic heterocycles. The van der Waals surface area contributed by atoms with Gasteiger partial charge in [-0.3, -0.25) is 9.59 Å². The lowest BCUT2D eigenvalue weighted by atomic mass is 10.1. The minimum Gasteiger partial charge on any atom is -0.389 e. The Labute approximate surface area is 129 Å². The van der Waals surface area contributed by atoms with E-state index < -0.39 is 12.2 Å². The van der Waals surface area contributed by atoms with Crippen LogP contribution in [0.25, 0.3) is 0 Å². The van der Waals surface area contributed by atoms with Crippen LogP contribution in [0.3, 0.4) is 0 Å². The number of morpholine rings is 1. The van der Waals surface area contributed by atoms with Gasteiger partial charge in [0.1, 0.15) is 17.2 Å². The van der Waals surface area contributed by atoms with E-state index in [-0.39, 0.29) is 16.8 Å². The summed E-state index contributed by atoms with van der Waals surface area (Å²) in [6.45, 7) is 0. The molecule has 1 aromatic rings. The summed E-state index contributed by atoms with van der Waals surface area (Å²) in [5.41, 5.74) is 6.62. The van der Waals surface area contributed by atoms with Crippen LogP contribution in [0.2, 0.25) is 0 Å². The van der Waals surface area contributed by atoms with Gasteiger partial charge in [0.2, 0.25) is 0 Å². The molecule has 2 N–H and O–H groups in total. The van der Waals surface area contributed by atoms with Gasteiger partial charge in [-0.05, 0) is 31.0 Å². The van der Waals surface area contributed by atoms with Gasteiger partial charge in [-0.15, -0.1) is 0 Å². The lowest BCUT2D eigenvalue weighted by Gasteiger charge is -2.31. The fourth-order valence-corrected chi connectivity index (χ4v) is 3.06. The number of hydrogen-bond acceptors (Lipinski definition) is 4. The van der Waals surface area contributed by atoms with Crippen molar-refractivity contribution in [2.75, 3.05) is 4.90 Å². The van der Waals surface area contributed by atoms with Crippen molar-refractivity contribution < 1.29 is 14.3 Å². The summed E-state index contributed by atoms with van der Waals surface area (Å²) in [4.78, 5) is 26.0. The normalized spacial score (nSPS) is 25.1. The van der Waals surface area contributed by atoms with E-state index in [1.54, 1.807) is 18.2 Å². The third kappa shape index (κ3) is 2.06. The summed E-state index contributed by atoms with van der Waals surface area (Å²) < 4.78 is 6.16. The molecule has 2 amide bonds. The van der Waals surface area contributed by atoms with Gasteiger partial charge in [-0.2, -0.15) is 0 Å². The van der Waals surface area contributed by atoms with Gasteiger partial charge in [0.25, 0.3) is 11.8 Å².